The zero-order chi connectivity index (χ0) is 30.1. The molecule has 0 N–H and O–H groups in total. The molecule has 0 atom stereocenters. The third-order valence-electron chi connectivity index (χ3n) is 8.40. The van der Waals surface area contributed by atoms with Crippen LogP contribution in [0.15, 0.2) is 146 Å². The molecule has 224 valence electrons. The number of unbranched alkanes of at least 4 members (excludes halogenated alkanes) is 7. The van der Waals surface area contributed by atoms with Gasteiger partial charge in [-0.3, -0.25) is 0 Å². The number of rotatable bonds is 17. The first-order valence-electron chi connectivity index (χ1n) is 16.4. The maximum absolute atomic E-state index is 6.00. The summed E-state index contributed by atoms with van der Waals surface area (Å²) in [6, 6.07) is 52.6. The highest BCUT2D eigenvalue weighted by Gasteiger charge is 2.44. The van der Waals surface area contributed by atoms with Crippen LogP contribution in [0, 0.1) is 0 Å². The average molecular weight is 598 g/mol. The Bertz CT molecular complexity index is 1400. The number of ether oxygens (including phenoxy) is 1. The molecular formula is C42H46OP+. The highest BCUT2D eigenvalue weighted by atomic mass is 31.2. The lowest BCUT2D eigenvalue weighted by Crippen LogP contribution is -2.33. The molecule has 2 heteroatoms. The molecule has 0 saturated heterocycles. The average Bonchev–Trinajstić information content (AvgIpc) is 3.10. The quantitative estimate of drug-likeness (QED) is 0.0589. The molecule has 5 rings (SSSR count). The molecule has 1 nitrogen and oxygen atoms in total. The van der Waals surface area contributed by atoms with Gasteiger partial charge < -0.3 is 4.74 Å². The van der Waals surface area contributed by atoms with Crippen LogP contribution in [-0.2, 0) is 0 Å². The summed E-state index contributed by atoms with van der Waals surface area (Å²) in [6.07, 6.45) is 15.7. The van der Waals surface area contributed by atoms with Crippen LogP contribution in [0.1, 0.15) is 62.5 Å². The van der Waals surface area contributed by atoms with Crippen LogP contribution < -0.4 is 20.7 Å². The highest BCUT2D eigenvalue weighted by molar-refractivity contribution is 7.95. The Morgan fingerprint density at radius 3 is 1.25 bits per heavy atom. The zero-order valence-corrected chi connectivity index (χ0v) is 26.8. The summed E-state index contributed by atoms with van der Waals surface area (Å²) < 4.78 is 6.00. The van der Waals surface area contributed by atoms with Crippen LogP contribution in [0.2, 0.25) is 0 Å². The van der Waals surface area contributed by atoms with E-state index >= 15 is 0 Å². The van der Waals surface area contributed by atoms with E-state index in [-0.39, 0.29) is 0 Å². The van der Waals surface area contributed by atoms with Gasteiger partial charge in [0.25, 0.3) is 0 Å². The standard InChI is InChI=1S/C42H46OP/c1(3-5-19-35-43-39-33-31-38(32-34-39)30-29-37-21-11-7-12-22-37)2-4-6-20-36-44(40-23-13-8-14-24-40,41-25-15-9-16-26-41)42-27-17-10-18-28-42/h7-18,21-34H,1-6,19-20,35-36H2/q+1. The lowest BCUT2D eigenvalue weighted by molar-refractivity contribution is 0.304. The van der Waals surface area contributed by atoms with Crippen LogP contribution in [0.3, 0.4) is 0 Å². The Morgan fingerprint density at radius 1 is 0.386 bits per heavy atom. The first-order chi connectivity index (χ1) is 21.8. The van der Waals surface area contributed by atoms with Gasteiger partial charge >= 0.3 is 0 Å². The molecule has 0 aliphatic heterocycles. The molecule has 0 heterocycles. The summed E-state index contributed by atoms with van der Waals surface area (Å²) in [4.78, 5) is 0. The fourth-order valence-electron chi connectivity index (χ4n) is 6.02. The largest absolute Gasteiger partial charge is 0.494 e. The van der Waals surface area contributed by atoms with E-state index in [1.54, 1.807) is 0 Å². The second kappa shape index (κ2) is 17.4. The summed E-state index contributed by atoms with van der Waals surface area (Å²) in [5.41, 5.74) is 2.40. The van der Waals surface area contributed by atoms with Gasteiger partial charge in [-0.05, 0) is 78.9 Å². The van der Waals surface area contributed by atoms with Crippen molar-refractivity contribution in [2.75, 3.05) is 12.8 Å². The first kappa shape index (κ1) is 31.5. The SMILES string of the molecule is C(=Cc1ccc(OCCCCCCCCCC[P+](c2ccccc2)(c2ccccc2)c2ccccc2)cc1)c1ccccc1. The molecule has 44 heavy (non-hydrogen) atoms. The van der Waals surface area contributed by atoms with Crippen molar-refractivity contribution in [1.82, 2.24) is 0 Å². The van der Waals surface area contributed by atoms with Crippen molar-refractivity contribution in [3.63, 3.8) is 0 Å². The second-order valence-corrected chi connectivity index (χ2v) is 15.1. The van der Waals surface area contributed by atoms with Crippen LogP contribution in [-0.4, -0.2) is 12.8 Å². The highest BCUT2D eigenvalue weighted by Crippen LogP contribution is 2.56. The summed E-state index contributed by atoms with van der Waals surface area (Å²) >= 11 is 0. The van der Waals surface area contributed by atoms with Gasteiger partial charge in [-0.2, -0.15) is 0 Å². The van der Waals surface area contributed by atoms with E-state index in [9.17, 15) is 0 Å². The Labute approximate surface area is 266 Å². The van der Waals surface area contributed by atoms with Gasteiger partial charge in [0.15, 0.2) is 0 Å². The van der Waals surface area contributed by atoms with E-state index in [1.807, 2.05) is 6.07 Å². The van der Waals surface area contributed by atoms with Gasteiger partial charge in [-0.1, -0.05) is 141 Å². The maximum atomic E-state index is 6.00. The van der Waals surface area contributed by atoms with Crippen molar-refractivity contribution in [2.24, 2.45) is 0 Å². The first-order valence-corrected chi connectivity index (χ1v) is 18.3. The molecule has 0 saturated carbocycles. The summed E-state index contributed by atoms with van der Waals surface area (Å²) in [5.74, 6) is 0.960. The lowest BCUT2D eigenvalue weighted by atomic mass is 10.1. The van der Waals surface area contributed by atoms with Gasteiger partial charge in [0, 0.05) is 0 Å². The van der Waals surface area contributed by atoms with E-state index in [0.717, 1.165) is 18.8 Å². The van der Waals surface area contributed by atoms with Crippen molar-refractivity contribution in [3.05, 3.63) is 157 Å². The monoisotopic (exact) mass is 597 g/mol. The van der Waals surface area contributed by atoms with Gasteiger partial charge in [0.2, 0.25) is 0 Å². The fourth-order valence-corrected chi connectivity index (χ4v) is 10.4. The Hall–Kier alpha value is -3.93. The molecule has 0 aromatic heterocycles. The van der Waals surface area contributed by atoms with Crippen LogP contribution >= 0.6 is 7.26 Å². The van der Waals surface area contributed by atoms with Crippen molar-refractivity contribution >= 4 is 35.3 Å². The third kappa shape index (κ3) is 9.04. The minimum Gasteiger partial charge on any atom is -0.494 e. The van der Waals surface area contributed by atoms with Crippen molar-refractivity contribution in [2.45, 2.75) is 51.4 Å². The van der Waals surface area contributed by atoms with Crippen LogP contribution in [0.4, 0.5) is 0 Å². The zero-order valence-electron chi connectivity index (χ0n) is 25.9. The van der Waals surface area contributed by atoms with Crippen molar-refractivity contribution in [3.8, 4) is 5.75 Å². The normalized spacial score (nSPS) is 11.5. The topological polar surface area (TPSA) is 9.23 Å². The van der Waals surface area contributed by atoms with Gasteiger partial charge in [0.05, 0.1) is 12.8 Å². The summed E-state index contributed by atoms with van der Waals surface area (Å²) in [7, 11) is -1.69. The molecule has 0 bridgehead atoms. The van der Waals surface area contributed by atoms with E-state index in [2.05, 4.69) is 152 Å². The Balaban J connectivity index is 1.01. The molecule has 5 aromatic rings. The fraction of sp³-hybridized carbons (Fsp3) is 0.238. The predicted molar refractivity (Wildman–Crippen MR) is 194 cm³/mol. The van der Waals surface area contributed by atoms with Gasteiger partial charge in [0.1, 0.15) is 28.9 Å². The smallest absolute Gasteiger partial charge is 0.119 e. The minimum atomic E-state index is -1.69. The van der Waals surface area contributed by atoms with E-state index < -0.39 is 7.26 Å². The van der Waals surface area contributed by atoms with Crippen LogP contribution in [0.5, 0.6) is 5.75 Å². The number of hydrogen-bond donors (Lipinski definition) is 0. The van der Waals surface area contributed by atoms with Crippen molar-refractivity contribution < 1.29 is 4.74 Å². The number of hydrogen-bond acceptors (Lipinski definition) is 1. The molecule has 0 fully saturated rings. The van der Waals surface area contributed by atoms with Gasteiger partial charge in [-0.15, -0.1) is 0 Å². The van der Waals surface area contributed by atoms with E-state index in [0.29, 0.717) is 0 Å². The van der Waals surface area contributed by atoms with Gasteiger partial charge in [-0.25, -0.2) is 0 Å². The molecule has 0 spiro atoms. The summed E-state index contributed by atoms with van der Waals surface area (Å²) in [5, 5.41) is 4.49. The molecule has 0 unspecified atom stereocenters. The van der Waals surface area contributed by atoms with E-state index in [4.69, 9.17) is 4.74 Å². The molecule has 5 aromatic carbocycles. The molecular weight excluding hydrogens is 551 g/mol. The lowest BCUT2D eigenvalue weighted by Gasteiger charge is -2.27. The Kier molecular flexibility index (Phi) is 12.4. The summed E-state index contributed by atoms with van der Waals surface area (Å²) in [6.45, 7) is 0.795. The molecule has 0 aliphatic carbocycles. The van der Waals surface area contributed by atoms with Crippen LogP contribution in [0.25, 0.3) is 12.2 Å². The van der Waals surface area contributed by atoms with Crippen molar-refractivity contribution in [1.29, 1.82) is 0 Å². The second-order valence-electron chi connectivity index (χ2n) is 11.5. The molecule has 0 radical (unpaired) electrons. The third-order valence-corrected chi connectivity index (χ3v) is 12.9. The number of benzene rings is 5. The predicted octanol–water partition coefficient (Wildman–Crippen LogP) is 10.4. The minimum absolute atomic E-state index is 0.795. The Morgan fingerprint density at radius 2 is 0.773 bits per heavy atom. The molecule has 0 aliphatic rings. The maximum Gasteiger partial charge on any atom is 0.119 e. The molecule has 0 amide bonds. The van der Waals surface area contributed by atoms with E-state index in [1.165, 1.54) is 78.1 Å².